The second-order valence-electron chi connectivity index (χ2n) is 5.39. The van der Waals surface area contributed by atoms with Crippen LogP contribution < -0.4 is 10.6 Å². The first-order valence-electron chi connectivity index (χ1n) is 7.30. The SMILES string of the molecule is COC(=O)c1c(C)oc(NC(=O)c2ccc3c(c2)CC(=O)N3)c1C#N. The van der Waals surface area contributed by atoms with Crippen LogP contribution in [-0.2, 0) is 16.0 Å². The molecule has 1 aromatic carbocycles. The summed E-state index contributed by atoms with van der Waals surface area (Å²) in [7, 11) is 1.19. The van der Waals surface area contributed by atoms with Gasteiger partial charge in [0, 0.05) is 11.3 Å². The molecule has 25 heavy (non-hydrogen) atoms. The van der Waals surface area contributed by atoms with Crippen LogP contribution in [0.4, 0.5) is 11.6 Å². The molecule has 0 saturated carbocycles. The molecule has 0 unspecified atom stereocenters. The van der Waals surface area contributed by atoms with Crippen molar-refractivity contribution in [3.05, 3.63) is 46.2 Å². The van der Waals surface area contributed by atoms with Crippen molar-refractivity contribution in [3.8, 4) is 6.07 Å². The fourth-order valence-corrected chi connectivity index (χ4v) is 2.63. The molecule has 0 saturated heterocycles. The van der Waals surface area contributed by atoms with Gasteiger partial charge >= 0.3 is 5.97 Å². The van der Waals surface area contributed by atoms with Gasteiger partial charge in [-0.05, 0) is 30.7 Å². The van der Waals surface area contributed by atoms with Crippen LogP contribution in [0.15, 0.2) is 22.6 Å². The Bertz CT molecular complexity index is 952. The monoisotopic (exact) mass is 339 g/mol. The summed E-state index contributed by atoms with van der Waals surface area (Å²) >= 11 is 0. The fraction of sp³-hybridized carbons (Fsp3) is 0.176. The lowest BCUT2D eigenvalue weighted by atomic mass is 10.1. The number of nitrogens with zero attached hydrogens (tertiary/aromatic N) is 1. The Balaban J connectivity index is 1.90. The summed E-state index contributed by atoms with van der Waals surface area (Å²) in [6.07, 6.45) is 0.201. The molecule has 2 heterocycles. The van der Waals surface area contributed by atoms with Gasteiger partial charge in [-0.3, -0.25) is 14.9 Å². The molecule has 8 heteroatoms. The molecule has 2 amide bonds. The molecular formula is C17H13N3O5. The second-order valence-corrected chi connectivity index (χ2v) is 5.39. The minimum atomic E-state index is -0.722. The largest absolute Gasteiger partial charge is 0.465 e. The Morgan fingerprint density at radius 3 is 2.84 bits per heavy atom. The van der Waals surface area contributed by atoms with Gasteiger partial charge in [0.15, 0.2) is 0 Å². The predicted octanol–water partition coefficient (Wildman–Crippen LogP) is 1.99. The Labute approximate surface area is 142 Å². The summed E-state index contributed by atoms with van der Waals surface area (Å²) in [5.74, 6) is -1.34. The van der Waals surface area contributed by atoms with Crippen molar-refractivity contribution in [2.45, 2.75) is 13.3 Å². The zero-order chi connectivity index (χ0) is 18.1. The summed E-state index contributed by atoms with van der Waals surface area (Å²) in [6, 6.07) is 6.61. The van der Waals surface area contributed by atoms with Crippen molar-refractivity contribution < 1.29 is 23.5 Å². The van der Waals surface area contributed by atoms with Crippen LogP contribution in [0.2, 0.25) is 0 Å². The standard InChI is InChI=1S/C17H13N3O5/c1-8-14(17(23)24-2)11(7-18)16(25-8)20-15(22)9-3-4-12-10(5-9)6-13(21)19-12/h3-5H,6H2,1-2H3,(H,19,21)(H,20,22). The third-order valence-electron chi connectivity index (χ3n) is 3.81. The minimum Gasteiger partial charge on any atom is -0.465 e. The van der Waals surface area contributed by atoms with Crippen molar-refractivity contribution in [2.75, 3.05) is 17.7 Å². The Kier molecular flexibility index (Phi) is 3.99. The highest BCUT2D eigenvalue weighted by Crippen LogP contribution is 2.28. The normalized spacial score (nSPS) is 12.1. The number of ether oxygens (including phenoxy) is 1. The molecule has 0 spiro atoms. The molecule has 2 aromatic rings. The number of anilines is 2. The number of hydrogen-bond acceptors (Lipinski definition) is 6. The van der Waals surface area contributed by atoms with Crippen LogP contribution in [0.5, 0.6) is 0 Å². The number of benzene rings is 1. The van der Waals surface area contributed by atoms with Crippen molar-refractivity contribution >= 4 is 29.4 Å². The smallest absolute Gasteiger partial charge is 0.342 e. The number of methoxy groups -OCH3 is 1. The highest BCUT2D eigenvalue weighted by molar-refractivity contribution is 6.07. The maximum atomic E-state index is 12.4. The first kappa shape index (κ1) is 16.3. The number of nitrogens with one attached hydrogen (secondary N) is 2. The van der Waals surface area contributed by atoms with Gasteiger partial charge in [0.1, 0.15) is 23.0 Å². The van der Waals surface area contributed by atoms with Crippen molar-refractivity contribution in [3.63, 3.8) is 0 Å². The van der Waals surface area contributed by atoms with Gasteiger partial charge in [0.25, 0.3) is 5.91 Å². The quantitative estimate of drug-likeness (QED) is 0.825. The number of rotatable bonds is 3. The van der Waals surface area contributed by atoms with E-state index in [-0.39, 0.29) is 35.1 Å². The molecule has 1 aromatic heterocycles. The van der Waals surface area contributed by atoms with Gasteiger partial charge in [0.2, 0.25) is 11.8 Å². The Hall–Kier alpha value is -3.60. The number of aryl methyl sites for hydroxylation is 1. The second kappa shape index (κ2) is 6.13. The summed E-state index contributed by atoms with van der Waals surface area (Å²) in [5.41, 5.74) is 1.55. The van der Waals surface area contributed by atoms with Crippen molar-refractivity contribution in [1.82, 2.24) is 0 Å². The number of carbonyl (C=O) groups excluding carboxylic acids is 3. The van der Waals surface area contributed by atoms with Crippen LogP contribution >= 0.6 is 0 Å². The lowest BCUT2D eigenvalue weighted by molar-refractivity contribution is -0.115. The Morgan fingerprint density at radius 2 is 2.16 bits per heavy atom. The summed E-state index contributed by atoms with van der Waals surface area (Å²) in [6.45, 7) is 1.50. The zero-order valence-electron chi connectivity index (χ0n) is 13.4. The molecule has 126 valence electrons. The molecule has 0 aliphatic carbocycles. The first-order valence-corrected chi connectivity index (χ1v) is 7.30. The predicted molar refractivity (Wildman–Crippen MR) is 86.2 cm³/mol. The first-order chi connectivity index (χ1) is 11.9. The highest BCUT2D eigenvalue weighted by Gasteiger charge is 2.26. The molecule has 0 fully saturated rings. The average Bonchev–Trinajstić information content (AvgIpc) is 3.11. The Morgan fingerprint density at radius 1 is 1.40 bits per heavy atom. The van der Waals surface area contributed by atoms with Gasteiger partial charge < -0.3 is 14.5 Å². The van der Waals surface area contributed by atoms with E-state index in [2.05, 4.69) is 15.4 Å². The highest BCUT2D eigenvalue weighted by atomic mass is 16.5. The molecule has 0 bridgehead atoms. The van der Waals surface area contributed by atoms with E-state index in [4.69, 9.17) is 4.42 Å². The molecule has 8 nitrogen and oxygen atoms in total. The van der Waals surface area contributed by atoms with E-state index in [1.807, 2.05) is 6.07 Å². The topological polar surface area (TPSA) is 121 Å². The lowest BCUT2D eigenvalue weighted by Crippen LogP contribution is -2.13. The van der Waals surface area contributed by atoms with Gasteiger partial charge in [0.05, 0.1) is 13.5 Å². The van der Waals surface area contributed by atoms with Crippen LogP contribution in [-0.4, -0.2) is 24.9 Å². The van der Waals surface area contributed by atoms with E-state index >= 15 is 0 Å². The number of hydrogen-bond donors (Lipinski definition) is 2. The number of furan rings is 1. The summed E-state index contributed by atoms with van der Waals surface area (Å²) in [4.78, 5) is 35.6. The molecular weight excluding hydrogens is 326 g/mol. The zero-order valence-corrected chi connectivity index (χ0v) is 13.4. The third kappa shape index (κ3) is 2.83. The van der Waals surface area contributed by atoms with Crippen LogP contribution in [0.25, 0.3) is 0 Å². The van der Waals surface area contributed by atoms with E-state index in [9.17, 15) is 19.6 Å². The average molecular weight is 339 g/mol. The minimum absolute atomic E-state index is 0.0240. The van der Waals surface area contributed by atoms with Crippen LogP contribution in [0.3, 0.4) is 0 Å². The van der Waals surface area contributed by atoms with Gasteiger partial charge in [-0.15, -0.1) is 0 Å². The molecule has 0 atom stereocenters. The van der Waals surface area contributed by atoms with Crippen molar-refractivity contribution in [2.24, 2.45) is 0 Å². The third-order valence-corrected chi connectivity index (χ3v) is 3.81. The van der Waals surface area contributed by atoms with E-state index in [1.165, 1.54) is 14.0 Å². The molecule has 1 aliphatic heterocycles. The molecule has 3 rings (SSSR count). The van der Waals surface area contributed by atoms with Crippen LogP contribution in [0, 0.1) is 18.3 Å². The number of amides is 2. The summed E-state index contributed by atoms with van der Waals surface area (Å²) < 4.78 is 9.96. The number of esters is 1. The van der Waals surface area contributed by atoms with E-state index in [0.29, 0.717) is 16.8 Å². The van der Waals surface area contributed by atoms with E-state index in [0.717, 1.165) is 0 Å². The van der Waals surface area contributed by atoms with E-state index < -0.39 is 11.9 Å². The molecule has 0 radical (unpaired) electrons. The maximum absolute atomic E-state index is 12.4. The number of carbonyl (C=O) groups is 3. The van der Waals surface area contributed by atoms with Gasteiger partial charge in [-0.2, -0.15) is 5.26 Å². The van der Waals surface area contributed by atoms with Gasteiger partial charge in [-0.1, -0.05) is 0 Å². The lowest BCUT2D eigenvalue weighted by Gasteiger charge is -2.05. The van der Waals surface area contributed by atoms with Crippen molar-refractivity contribution in [1.29, 1.82) is 5.26 Å². The molecule has 1 aliphatic rings. The molecule has 2 N–H and O–H groups in total. The summed E-state index contributed by atoms with van der Waals surface area (Å²) in [5, 5.41) is 14.4. The number of nitriles is 1. The van der Waals surface area contributed by atoms with Crippen LogP contribution in [0.1, 0.15) is 37.6 Å². The number of fused-ring (bicyclic) bond motifs is 1. The fourth-order valence-electron chi connectivity index (χ4n) is 2.63. The van der Waals surface area contributed by atoms with E-state index in [1.54, 1.807) is 18.2 Å². The maximum Gasteiger partial charge on any atom is 0.342 e. The van der Waals surface area contributed by atoms with Gasteiger partial charge in [-0.25, -0.2) is 4.79 Å².